The lowest BCUT2D eigenvalue weighted by Crippen LogP contribution is -2.17. The maximum absolute atomic E-state index is 11.5. The molecule has 1 N–H and O–H groups in total. The van der Waals surface area contributed by atoms with Crippen LogP contribution in [0.5, 0.6) is 0 Å². The molecule has 0 radical (unpaired) electrons. The van der Waals surface area contributed by atoms with E-state index in [-0.39, 0.29) is 5.56 Å². The van der Waals surface area contributed by atoms with Gasteiger partial charge < -0.3 is 4.98 Å². The van der Waals surface area contributed by atoms with Gasteiger partial charge in [-0.25, -0.2) is 0 Å². The van der Waals surface area contributed by atoms with Crippen LogP contribution in [-0.2, 0) is 6.42 Å². The fourth-order valence-corrected chi connectivity index (χ4v) is 3.59. The van der Waals surface area contributed by atoms with Gasteiger partial charge in [-0.1, -0.05) is 41.9 Å². The molecule has 1 heterocycles. The molecular weight excluding hydrogens is 282 g/mol. The molecule has 1 aromatic carbocycles. The molecule has 1 fully saturated rings. The number of aromatic nitrogens is 1. The Morgan fingerprint density at radius 2 is 1.76 bits per heavy atom. The molecule has 0 atom stereocenters. The largest absolute Gasteiger partial charge is 0.328 e. The van der Waals surface area contributed by atoms with Crippen molar-refractivity contribution in [3.8, 4) is 0 Å². The van der Waals surface area contributed by atoms with Gasteiger partial charge in [-0.05, 0) is 61.1 Å². The maximum atomic E-state index is 11.5. The van der Waals surface area contributed by atoms with Crippen molar-refractivity contribution >= 4 is 11.6 Å². The highest BCUT2D eigenvalue weighted by molar-refractivity contribution is 6.31. The first kappa shape index (κ1) is 14.4. The molecular formula is C18H20ClNO. The predicted octanol–water partition coefficient (Wildman–Crippen LogP) is 4.54. The van der Waals surface area contributed by atoms with Crippen LogP contribution in [0, 0.1) is 5.92 Å². The van der Waals surface area contributed by atoms with E-state index in [0.717, 1.165) is 12.0 Å². The highest BCUT2D eigenvalue weighted by atomic mass is 35.5. The molecule has 110 valence electrons. The van der Waals surface area contributed by atoms with Gasteiger partial charge >= 0.3 is 0 Å². The van der Waals surface area contributed by atoms with Gasteiger partial charge in [0.15, 0.2) is 0 Å². The monoisotopic (exact) mass is 301 g/mol. The number of halogens is 1. The van der Waals surface area contributed by atoms with Crippen LogP contribution in [0.1, 0.15) is 42.7 Å². The topological polar surface area (TPSA) is 32.9 Å². The van der Waals surface area contributed by atoms with Gasteiger partial charge in [-0.2, -0.15) is 0 Å². The zero-order valence-electron chi connectivity index (χ0n) is 12.0. The van der Waals surface area contributed by atoms with Gasteiger partial charge in [0.25, 0.3) is 5.56 Å². The SMILES string of the molecule is O=c1[nH]ccc(CC2CCC(c3ccccc3)CC2)c1Cl. The normalized spacial score (nSPS) is 22.1. The highest BCUT2D eigenvalue weighted by Crippen LogP contribution is 2.37. The Labute approximate surface area is 130 Å². The van der Waals surface area contributed by atoms with Crippen molar-refractivity contribution in [1.29, 1.82) is 0 Å². The van der Waals surface area contributed by atoms with Crippen LogP contribution in [0.4, 0.5) is 0 Å². The van der Waals surface area contributed by atoms with Crippen LogP contribution in [0.2, 0.25) is 5.02 Å². The third kappa shape index (κ3) is 3.38. The van der Waals surface area contributed by atoms with Crippen molar-refractivity contribution in [1.82, 2.24) is 4.98 Å². The molecule has 1 aliphatic rings. The van der Waals surface area contributed by atoms with Crippen LogP contribution < -0.4 is 5.56 Å². The predicted molar refractivity (Wildman–Crippen MR) is 86.9 cm³/mol. The summed E-state index contributed by atoms with van der Waals surface area (Å²) in [4.78, 5) is 14.1. The van der Waals surface area contributed by atoms with Crippen molar-refractivity contribution in [2.24, 2.45) is 5.92 Å². The second-order valence-electron chi connectivity index (χ2n) is 5.98. The Balaban J connectivity index is 1.61. The molecule has 21 heavy (non-hydrogen) atoms. The van der Waals surface area contributed by atoms with E-state index in [1.807, 2.05) is 6.07 Å². The Hall–Kier alpha value is -1.54. The molecule has 0 saturated heterocycles. The average molecular weight is 302 g/mol. The molecule has 1 aliphatic carbocycles. The summed E-state index contributed by atoms with van der Waals surface area (Å²) in [6.07, 6.45) is 7.50. The number of pyridine rings is 1. The molecule has 2 aromatic rings. The summed E-state index contributed by atoms with van der Waals surface area (Å²) in [7, 11) is 0. The zero-order chi connectivity index (χ0) is 14.7. The Bertz CT molecular complexity index is 642. The van der Waals surface area contributed by atoms with Gasteiger partial charge in [0, 0.05) is 6.20 Å². The van der Waals surface area contributed by atoms with E-state index in [1.54, 1.807) is 6.20 Å². The van der Waals surface area contributed by atoms with Gasteiger partial charge in [0.1, 0.15) is 5.02 Å². The molecule has 0 bridgehead atoms. The molecule has 0 spiro atoms. The third-order valence-corrected chi connectivity index (χ3v) is 5.02. The number of rotatable bonds is 3. The number of hydrogen-bond acceptors (Lipinski definition) is 1. The Morgan fingerprint density at radius 1 is 1.05 bits per heavy atom. The molecule has 2 nitrogen and oxygen atoms in total. The van der Waals surface area contributed by atoms with E-state index in [2.05, 4.69) is 35.3 Å². The second-order valence-corrected chi connectivity index (χ2v) is 6.36. The molecule has 3 rings (SSSR count). The Kier molecular flexibility index (Phi) is 4.45. The lowest BCUT2D eigenvalue weighted by atomic mass is 9.77. The van der Waals surface area contributed by atoms with E-state index in [9.17, 15) is 4.79 Å². The molecule has 3 heteroatoms. The molecule has 1 saturated carbocycles. The first-order valence-electron chi connectivity index (χ1n) is 7.65. The van der Waals surface area contributed by atoms with Crippen molar-refractivity contribution in [2.75, 3.05) is 0 Å². The minimum Gasteiger partial charge on any atom is -0.328 e. The second kappa shape index (κ2) is 6.48. The number of aromatic amines is 1. The van der Waals surface area contributed by atoms with Crippen molar-refractivity contribution in [2.45, 2.75) is 38.0 Å². The quantitative estimate of drug-likeness (QED) is 0.886. The fraction of sp³-hybridized carbons (Fsp3) is 0.389. The summed E-state index contributed by atoms with van der Waals surface area (Å²) in [5.74, 6) is 1.33. The summed E-state index contributed by atoms with van der Waals surface area (Å²) < 4.78 is 0. The molecule has 1 aromatic heterocycles. The summed E-state index contributed by atoms with van der Waals surface area (Å²) in [5.41, 5.74) is 2.28. The average Bonchev–Trinajstić information content (AvgIpc) is 2.53. The lowest BCUT2D eigenvalue weighted by molar-refractivity contribution is 0.324. The van der Waals surface area contributed by atoms with Crippen LogP contribution in [0.25, 0.3) is 0 Å². The lowest BCUT2D eigenvalue weighted by Gasteiger charge is -2.29. The number of hydrogen-bond donors (Lipinski definition) is 1. The minimum absolute atomic E-state index is 0.174. The first-order valence-corrected chi connectivity index (χ1v) is 8.03. The standard InChI is InChI=1S/C18H20ClNO/c19-17-16(10-11-20-18(17)21)12-13-6-8-15(9-7-13)14-4-2-1-3-5-14/h1-5,10-11,13,15H,6-9,12H2,(H,20,21). The Morgan fingerprint density at radius 3 is 2.48 bits per heavy atom. The van der Waals surface area contributed by atoms with Gasteiger partial charge in [0.2, 0.25) is 0 Å². The van der Waals surface area contributed by atoms with E-state index in [4.69, 9.17) is 11.6 Å². The zero-order valence-corrected chi connectivity index (χ0v) is 12.8. The van der Waals surface area contributed by atoms with Gasteiger partial charge in [-0.3, -0.25) is 4.79 Å². The fourth-order valence-electron chi connectivity index (χ4n) is 3.39. The number of nitrogens with one attached hydrogen (secondary N) is 1. The van der Waals surface area contributed by atoms with Crippen LogP contribution >= 0.6 is 11.6 Å². The van der Waals surface area contributed by atoms with E-state index in [1.165, 1.54) is 31.2 Å². The van der Waals surface area contributed by atoms with Crippen LogP contribution in [-0.4, -0.2) is 4.98 Å². The molecule has 0 unspecified atom stereocenters. The van der Waals surface area contributed by atoms with E-state index < -0.39 is 0 Å². The molecule has 0 aliphatic heterocycles. The van der Waals surface area contributed by atoms with Crippen LogP contribution in [0.15, 0.2) is 47.4 Å². The van der Waals surface area contributed by atoms with Gasteiger partial charge in [-0.15, -0.1) is 0 Å². The van der Waals surface area contributed by atoms with E-state index >= 15 is 0 Å². The summed E-state index contributed by atoms with van der Waals surface area (Å²) in [6, 6.07) is 12.7. The highest BCUT2D eigenvalue weighted by Gasteiger charge is 2.23. The first-order chi connectivity index (χ1) is 10.2. The summed E-state index contributed by atoms with van der Waals surface area (Å²) in [5, 5.41) is 0.364. The third-order valence-electron chi connectivity index (χ3n) is 4.61. The van der Waals surface area contributed by atoms with Crippen molar-refractivity contribution in [3.05, 3.63) is 69.1 Å². The van der Waals surface area contributed by atoms with Crippen molar-refractivity contribution in [3.63, 3.8) is 0 Å². The van der Waals surface area contributed by atoms with E-state index in [0.29, 0.717) is 16.9 Å². The summed E-state index contributed by atoms with van der Waals surface area (Å²) in [6.45, 7) is 0. The number of benzene rings is 1. The van der Waals surface area contributed by atoms with Crippen LogP contribution in [0.3, 0.4) is 0 Å². The van der Waals surface area contributed by atoms with Crippen molar-refractivity contribution < 1.29 is 0 Å². The molecule has 0 amide bonds. The summed E-state index contributed by atoms with van der Waals surface area (Å²) >= 11 is 6.09. The number of H-pyrrole nitrogens is 1. The smallest absolute Gasteiger partial charge is 0.266 e. The minimum atomic E-state index is -0.174. The van der Waals surface area contributed by atoms with Gasteiger partial charge in [0.05, 0.1) is 0 Å². The maximum Gasteiger partial charge on any atom is 0.266 e.